The smallest absolute Gasteiger partial charge is 0.255 e. The molecule has 0 N–H and O–H groups in total. The molecule has 4 heteroatoms. The van der Waals surface area contributed by atoms with E-state index < -0.39 is 5.24 Å². The van der Waals surface area contributed by atoms with Crippen molar-refractivity contribution in [2.24, 2.45) is 0 Å². The molecule has 0 saturated heterocycles. The lowest BCUT2D eigenvalue weighted by Gasteiger charge is -2.12. The summed E-state index contributed by atoms with van der Waals surface area (Å²) in [5, 5.41) is -0.574. The monoisotopic (exact) mass is 261 g/mol. The number of hydrogen-bond donors (Lipinski definition) is 0. The number of carbonyl (C=O) groups is 1. The minimum absolute atomic E-state index is 0.186. The van der Waals surface area contributed by atoms with E-state index in [1.54, 1.807) is 0 Å². The lowest BCUT2D eigenvalue weighted by Crippen LogP contribution is -2.19. The third-order valence-corrected chi connectivity index (χ3v) is 3.04. The molecule has 18 heavy (non-hydrogen) atoms. The van der Waals surface area contributed by atoms with E-state index >= 15 is 0 Å². The van der Waals surface area contributed by atoms with Gasteiger partial charge in [0, 0.05) is 12.3 Å². The predicted octanol–water partition coefficient (Wildman–Crippen LogP) is 2.83. The average Bonchev–Trinajstić information content (AvgIpc) is 2.30. The van der Waals surface area contributed by atoms with Crippen LogP contribution in [-0.2, 0) is 0 Å². The second-order valence-corrected chi connectivity index (χ2v) is 4.48. The molecule has 0 aliphatic carbocycles. The van der Waals surface area contributed by atoms with Crippen LogP contribution in [0.3, 0.4) is 0 Å². The number of halogens is 1. The van der Waals surface area contributed by atoms with Gasteiger partial charge in [-0.2, -0.15) is 0 Å². The Morgan fingerprint density at radius 3 is 2.28 bits per heavy atom. The van der Waals surface area contributed by atoms with Crippen molar-refractivity contribution in [2.45, 2.75) is 13.8 Å². The Hall–Kier alpha value is -1.87. The molecule has 0 unspecified atom stereocenters. The van der Waals surface area contributed by atoms with E-state index in [0.717, 1.165) is 16.8 Å². The van der Waals surface area contributed by atoms with Crippen molar-refractivity contribution in [3.63, 3.8) is 0 Å². The topological polar surface area (TPSA) is 39.1 Å². The fraction of sp³-hybridized carbons (Fsp3) is 0.143. The first-order valence-corrected chi connectivity index (χ1v) is 5.87. The van der Waals surface area contributed by atoms with Crippen LogP contribution in [0, 0.1) is 13.8 Å². The zero-order chi connectivity index (χ0) is 13.3. The van der Waals surface area contributed by atoms with Gasteiger partial charge in [-0.1, -0.05) is 18.2 Å². The molecule has 0 aliphatic rings. The van der Waals surface area contributed by atoms with Crippen LogP contribution in [-0.4, -0.2) is 9.81 Å². The van der Waals surface area contributed by atoms with Gasteiger partial charge in [-0.15, -0.1) is 0 Å². The number of pyridine rings is 1. The van der Waals surface area contributed by atoms with Gasteiger partial charge in [-0.3, -0.25) is 14.2 Å². The molecule has 0 radical (unpaired) electrons. The van der Waals surface area contributed by atoms with Gasteiger partial charge in [0.15, 0.2) is 0 Å². The number of aryl methyl sites for hydroxylation is 2. The summed E-state index contributed by atoms with van der Waals surface area (Å²) in [6.07, 6.45) is 1.48. The summed E-state index contributed by atoms with van der Waals surface area (Å²) in [6, 6.07) is 8.55. The zero-order valence-corrected chi connectivity index (χ0v) is 10.9. The van der Waals surface area contributed by atoms with Crippen LogP contribution in [0.1, 0.15) is 21.5 Å². The zero-order valence-electron chi connectivity index (χ0n) is 10.1. The van der Waals surface area contributed by atoms with Gasteiger partial charge in [0.1, 0.15) is 0 Å². The Morgan fingerprint density at radius 2 is 1.72 bits per heavy atom. The largest absolute Gasteiger partial charge is 0.283 e. The van der Waals surface area contributed by atoms with E-state index in [1.165, 1.54) is 22.9 Å². The molecule has 0 aliphatic heterocycles. The van der Waals surface area contributed by atoms with E-state index in [2.05, 4.69) is 0 Å². The highest BCUT2D eigenvalue weighted by Gasteiger charge is 2.09. The lowest BCUT2D eigenvalue weighted by molar-refractivity contribution is 0.108. The number of nitrogens with zero attached hydrogens (tertiary/aromatic N) is 1. The van der Waals surface area contributed by atoms with Crippen LogP contribution < -0.4 is 5.56 Å². The number of benzene rings is 1. The van der Waals surface area contributed by atoms with E-state index in [9.17, 15) is 9.59 Å². The second kappa shape index (κ2) is 4.78. The molecule has 1 heterocycles. The van der Waals surface area contributed by atoms with Gasteiger partial charge < -0.3 is 0 Å². The summed E-state index contributed by atoms with van der Waals surface area (Å²) in [7, 11) is 0. The average molecular weight is 262 g/mol. The number of carbonyl (C=O) groups excluding carboxylic acids is 1. The van der Waals surface area contributed by atoms with Crippen molar-refractivity contribution in [1.29, 1.82) is 0 Å². The van der Waals surface area contributed by atoms with Crippen LogP contribution in [0.4, 0.5) is 0 Å². The van der Waals surface area contributed by atoms with Crippen molar-refractivity contribution in [1.82, 2.24) is 4.57 Å². The van der Waals surface area contributed by atoms with Gasteiger partial charge in [0.05, 0.1) is 11.3 Å². The molecule has 0 bridgehead atoms. The highest BCUT2D eigenvalue weighted by molar-refractivity contribution is 6.67. The van der Waals surface area contributed by atoms with E-state index in [1.807, 2.05) is 32.0 Å². The van der Waals surface area contributed by atoms with Crippen LogP contribution in [0.5, 0.6) is 0 Å². The van der Waals surface area contributed by atoms with Crippen molar-refractivity contribution in [2.75, 3.05) is 0 Å². The summed E-state index contributed by atoms with van der Waals surface area (Å²) in [4.78, 5) is 23.1. The maximum Gasteiger partial charge on any atom is 0.255 e. The first kappa shape index (κ1) is 12.6. The number of hydrogen-bond acceptors (Lipinski definition) is 2. The van der Waals surface area contributed by atoms with Gasteiger partial charge in [0.2, 0.25) is 0 Å². The number of rotatable bonds is 2. The molecule has 0 fully saturated rings. The molecule has 2 aromatic rings. The Balaban J connectivity index is 2.75. The lowest BCUT2D eigenvalue weighted by atomic mass is 10.1. The molecule has 0 atom stereocenters. The van der Waals surface area contributed by atoms with Crippen LogP contribution in [0.25, 0.3) is 5.69 Å². The van der Waals surface area contributed by atoms with Crippen molar-refractivity contribution < 1.29 is 4.79 Å². The van der Waals surface area contributed by atoms with Crippen LogP contribution in [0.15, 0.2) is 41.3 Å². The predicted molar refractivity (Wildman–Crippen MR) is 71.7 cm³/mol. The normalized spacial score (nSPS) is 10.4. The Morgan fingerprint density at radius 1 is 1.11 bits per heavy atom. The molecule has 0 saturated carbocycles. The molecular formula is C14H12ClNO2. The first-order chi connectivity index (χ1) is 8.50. The van der Waals surface area contributed by atoms with Gasteiger partial charge in [-0.05, 0) is 42.6 Å². The fourth-order valence-electron chi connectivity index (χ4n) is 1.96. The molecule has 2 rings (SSSR count). The standard InChI is InChI=1S/C14H12ClNO2/c1-9-4-3-5-10(2)13(9)16-8-11(14(15)18)6-7-12(16)17/h3-8H,1-2H3. The quantitative estimate of drug-likeness (QED) is 0.780. The minimum Gasteiger partial charge on any atom is -0.283 e. The highest BCUT2D eigenvalue weighted by atomic mass is 35.5. The van der Waals surface area contributed by atoms with Crippen LogP contribution >= 0.6 is 11.6 Å². The summed E-state index contributed by atoms with van der Waals surface area (Å²) in [6.45, 7) is 3.84. The minimum atomic E-state index is -0.574. The molecule has 1 aromatic heterocycles. The Bertz CT molecular complexity index is 653. The van der Waals surface area contributed by atoms with E-state index in [-0.39, 0.29) is 5.56 Å². The summed E-state index contributed by atoms with van der Waals surface area (Å²) in [5.74, 6) is 0. The van der Waals surface area contributed by atoms with Gasteiger partial charge in [0.25, 0.3) is 10.8 Å². The van der Waals surface area contributed by atoms with Gasteiger partial charge in [-0.25, -0.2) is 0 Å². The van der Waals surface area contributed by atoms with Crippen LogP contribution in [0.2, 0.25) is 0 Å². The summed E-state index contributed by atoms with van der Waals surface area (Å²) in [5.41, 5.74) is 2.85. The van der Waals surface area contributed by atoms with E-state index in [0.29, 0.717) is 5.56 Å². The van der Waals surface area contributed by atoms with E-state index in [4.69, 9.17) is 11.6 Å². The molecular weight excluding hydrogens is 250 g/mol. The highest BCUT2D eigenvalue weighted by Crippen LogP contribution is 2.17. The maximum absolute atomic E-state index is 11.9. The molecule has 0 amide bonds. The number of para-hydroxylation sites is 1. The SMILES string of the molecule is Cc1cccc(C)c1-n1cc(C(=O)Cl)ccc1=O. The molecule has 0 spiro atoms. The summed E-state index contributed by atoms with van der Waals surface area (Å²) < 4.78 is 1.46. The Kier molecular flexibility index (Phi) is 3.34. The number of aromatic nitrogens is 1. The summed E-state index contributed by atoms with van der Waals surface area (Å²) >= 11 is 5.44. The second-order valence-electron chi connectivity index (χ2n) is 4.14. The third-order valence-electron chi connectivity index (χ3n) is 2.82. The van der Waals surface area contributed by atoms with Crippen molar-refractivity contribution in [3.8, 4) is 5.69 Å². The first-order valence-electron chi connectivity index (χ1n) is 5.50. The Labute approximate surface area is 110 Å². The maximum atomic E-state index is 11.9. The third kappa shape index (κ3) is 2.22. The van der Waals surface area contributed by atoms with Crippen molar-refractivity contribution >= 4 is 16.8 Å². The fourth-order valence-corrected chi connectivity index (χ4v) is 2.08. The molecule has 1 aromatic carbocycles. The molecule has 3 nitrogen and oxygen atoms in total. The molecule has 92 valence electrons. The van der Waals surface area contributed by atoms with Crippen molar-refractivity contribution in [3.05, 3.63) is 63.6 Å². The van der Waals surface area contributed by atoms with Gasteiger partial charge >= 0.3 is 0 Å².